The molecule has 0 bridgehead atoms. The summed E-state index contributed by atoms with van der Waals surface area (Å²) in [6.07, 6.45) is 0. The lowest BCUT2D eigenvalue weighted by atomic mass is 9.93. The van der Waals surface area contributed by atoms with Crippen LogP contribution in [0.3, 0.4) is 0 Å². The molecule has 1 atom stereocenters. The minimum atomic E-state index is -0.838. The number of carboxylic acids is 1. The van der Waals surface area contributed by atoms with Gasteiger partial charge >= 0.3 is 5.97 Å². The Bertz CT molecular complexity index is 872. The molecule has 5 nitrogen and oxygen atoms in total. The highest BCUT2D eigenvalue weighted by Crippen LogP contribution is 2.32. The number of likely N-dealkylation sites (N-methyl/N-ethyl adjacent to an activating group) is 1. The van der Waals surface area contributed by atoms with Gasteiger partial charge in [-0.05, 0) is 43.3 Å². The summed E-state index contributed by atoms with van der Waals surface area (Å²) >= 11 is 0. The minimum Gasteiger partial charge on any atom is -0.488 e. The average Bonchev–Trinajstić information content (AvgIpc) is 2.87. The molecule has 0 spiro atoms. The molecule has 3 rings (SSSR count). The summed E-state index contributed by atoms with van der Waals surface area (Å²) < 4.78 is 6.03. The van der Waals surface area contributed by atoms with Crippen molar-refractivity contribution in [3.8, 4) is 5.75 Å². The molecule has 1 N–H and O–H groups in total. The molecule has 28 heavy (non-hydrogen) atoms. The topological polar surface area (TPSA) is 62.1 Å². The second-order valence-corrected chi connectivity index (χ2v) is 7.02. The highest BCUT2D eigenvalue weighted by atomic mass is 16.5. The first-order chi connectivity index (χ1) is 13.5. The molecule has 0 amide bonds. The molecule has 1 aliphatic heterocycles. The van der Waals surface area contributed by atoms with Crippen LogP contribution in [0.1, 0.15) is 48.9 Å². The van der Waals surface area contributed by atoms with Crippen LogP contribution in [0.5, 0.6) is 5.75 Å². The van der Waals surface area contributed by atoms with Gasteiger partial charge in [-0.3, -0.25) is 9.79 Å². The third kappa shape index (κ3) is 4.25. The van der Waals surface area contributed by atoms with Crippen LogP contribution >= 0.6 is 0 Å². The number of carbonyl (C=O) groups is 1. The van der Waals surface area contributed by atoms with Crippen molar-refractivity contribution in [2.24, 2.45) is 4.99 Å². The number of hydrogen-bond donors (Lipinski definition) is 1. The Balaban J connectivity index is 2.05. The minimum absolute atomic E-state index is 0.478. The van der Waals surface area contributed by atoms with E-state index in [2.05, 4.69) is 30.9 Å². The summed E-state index contributed by atoms with van der Waals surface area (Å²) in [6, 6.07) is 13.8. The third-order valence-corrected chi connectivity index (χ3v) is 5.37. The van der Waals surface area contributed by atoms with Crippen LogP contribution in [0.2, 0.25) is 0 Å². The van der Waals surface area contributed by atoms with Gasteiger partial charge in [-0.15, -0.1) is 0 Å². The van der Waals surface area contributed by atoms with Crippen molar-refractivity contribution in [1.82, 2.24) is 4.90 Å². The number of fused-ring (bicyclic) bond motifs is 2. The predicted molar refractivity (Wildman–Crippen MR) is 112 cm³/mol. The smallest absolute Gasteiger partial charge is 0.310 e. The number of aliphatic imine (C=N–C) groups is 1. The van der Waals surface area contributed by atoms with Gasteiger partial charge in [-0.1, -0.05) is 44.2 Å². The molecule has 5 heteroatoms. The monoisotopic (exact) mass is 380 g/mol. The number of aliphatic carboxylic acids is 1. The molecule has 0 radical (unpaired) electrons. The van der Waals surface area contributed by atoms with Crippen molar-refractivity contribution in [3.05, 3.63) is 64.7 Å². The fraction of sp³-hybridized carbons (Fsp3) is 0.391. The molecule has 2 aromatic carbocycles. The molecule has 148 valence electrons. The third-order valence-electron chi connectivity index (χ3n) is 5.37. The van der Waals surface area contributed by atoms with Crippen molar-refractivity contribution in [2.45, 2.75) is 33.3 Å². The number of benzene rings is 2. The van der Waals surface area contributed by atoms with E-state index in [9.17, 15) is 9.90 Å². The fourth-order valence-corrected chi connectivity index (χ4v) is 3.46. The standard InChI is InChI=1S/C23H28N2O3/c1-4-25(5-2)13-12-24-22-19-9-7-6-8-18(19)15-28-21-11-10-17(14-20(21)22)16(3)23(26)27/h6-11,14,16H,4-5,12-13,15H2,1-3H3,(H,26,27)/b24-22+. The molecule has 0 saturated heterocycles. The van der Waals surface area contributed by atoms with E-state index in [-0.39, 0.29) is 0 Å². The molecule has 0 aromatic heterocycles. The molecular formula is C23H28N2O3. The first kappa shape index (κ1) is 20.1. The SMILES string of the molecule is CCN(CC)CC/N=C1\c2ccccc2COc2ccc(C(C)C(=O)O)cc21. The highest BCUT2D eigenvalue weighted by Gasteiger charge is 2.23. The van der Waals surface area contributed by atoms with E-state index in [0.717, 1.165) is 53.3 Å². The zero-order valence-corrected chi connectivity index (χ0v) is 16.8. The zero-order chi connectivity index (χ0) is 20.1. The summed E-state index contributed by atoms with van der Waals surface area (Å²) in [5.41, 5.74) is 4.66. The van der Waals surface area contributed by atoms with E-state index in [0.29, 0.717) is 13.2 Å². The molecular weight excluding hydrogens is 352 g/mol. The van der Waals surface area contributed by atoms with Crippen LogP contribution in [-0.2, 0) is 11.4 Å². The summed E-state index contributed by atoms with van der Waals surface area (Å²) in [5.74, 6) is -0.672. The summed E-state index contributed by atoms with van der Waals surface area (Å²) in [5, 5.41) is 9.41. The van der Waals surface area contributed by atoms with E-state index in [1.807, 2.05) is 30.3 Å². The largest absolute Gasteiger partial charge is 0.488 e. The van der Waals surface area contributed by atoms with Crippen molar-refractivity contribution < 1.29 is 14.6 Å². The van der Waals surface area contributed by atoms with Crippen LogP contribution in [0.4, 0.5) is 0 Å². The van der Waals surface area contributed by atoms with Crippen LogP contribution < -0.4 is 4.74 Å². The first-order valence-corrected chi connectivity index (χ1v) is 9.90. The van der Waals surface area contributed by atoms with Gasteiger partial charge in [-0.25, -0.2) is 0 Å². The molecule has 1 aliphatic rings. The average molecular weight is 380 g/mol. The molecule has 0 saturated carbocycles. The van der Waals surface area contributed by atoms with Gasteiger partial charge in [0.1, 0.15) is 12.4 Å². The molecule has 0 fully saturated rings. The second kappa shape index (κ2) is 9.02. The number of carboxylic acid groups (broad SMARTS) is 1. The second-order valence-electron chi connectivity index (χ2n) is 7.02. The Labute approximate surface area is 166 Å². The van der Waals surface area contributed by atoms with Gasteiger partial charge in [0.15, 0.2) is 0 Å². The highest BCUT2D eigenvalue weighted by molar-refractivity contribution is 6.15. The van der Waals surface area contributed by atoms with Gasteiger partial charge in [0.2, 0.25) is 0 Å². The van der Waals surface area contributed by atoms with Crippen molar-refractivity contribution >= 4 is 11.7 Å². The number of hydrogen-bond acceptors (Lipinski definition) is 4. The van der Waals surface area contributed by atoms with Crippen molar-refractivity contribution in [1.29, 1.82) is 0 Å². The van der Waals surface area contributed by atoms with E-state index in [1.54, 1.807) is 6.92 Å². The zero-order valence-electron chi connectivity index (χ0n) is 16.8. The first-order valence-electron chi connectivity index (χ1n) is 9.90. The lowest BCUT2D eigenvalue weighted by Crippen LogP contribution is -2.26. The summed E-state index contributed by atoms with van der Waals surface area (Å²) in [4.78, 5) is 18.8. The van der Waals surface area contributed by atoms with Gasteiger partial charge in [0.05, 0.1) is 18.2 Å². The van der Waals surface area contributed by atoms with E-state index < -0.39 is 11.9 Å². The number of ether oxygens (including phenoxy) is 1. The molecule has 2 aromatic rings. The molecule has 1 unspecified atom stereocenters. The van der Waals surface area contributed by atoms with Crippen molar-refractivity contribution in [2.75, 3.05) is 26.2 Å². The van der Waals surface area contributed by atoms with E-state index >= 15 is 0 Å². The maximum atomic E-state index is 11.5. The maximum absolute atomic E-state index is 11.5. The summed E-state index contributed by atoms with van der Waals surface area (Å²) in [6.45, 7) is 10.1. The Hall–Kier alpha value is -2.66. The Morgan fingerprint density at radius 3 is 2.64 bits per heavy atom. The van der Waals surface area contributed by atoms with Crippen molar-refractivity contribution in [3.63, 3.8) is 0 Å². The van der Waals surface area contributed by atoms with Gasteiger partial charge < -0.3 is 14.7 Å². The predicted octanol–water partition coefficient (Wildman–Crippen LogP) is 3.95. The fourth-order valence-electron chi connectivity index (χ4n) is 3.46. The van der Waals surface area contributed by atoms with Gasteiger partial charge in [0, 0.05) is 17.7 Å². The summed E-state index contributed by atoms with van der Waals surface area (Å²) in [7, 11) is 0. The lowest BCUT2D eigenvalue weighted by molar-refractivity contribution is -0.138. The number of rotatable bonds is 7. The quantitative estimate of drug-likeness (QED) is 0.790. The maximum Gasteiger partial charge on any atom is 0.310 e. The number of nitrogens with zero attached hydrogens (tertiary/aromatic N) is 2. The van der Waals surface area contributed by atoms with E-state index in [1.165, 1.54) is 0 Å². The Morgan fingerprint density at radius 2 is 1.93 bits per heavy atom. The Kier molecular flexibility index (Phi) is 6.47. The van der Waals surface area contributed by atoms with Crippen LogP contribution in [0.15, 0.2) is 47.5 Å². The normalized spacial score (nSPS) is 15.5. The van der Waals surface area contributed by atoms with Gasteiger partial charge in [-0.2, -0.15) is 0 Å². The van der Waals surface area contributed by atoms with Gasteiger partial charge in [0.25, 0.3) is 0 Å². The van der Waals surface area contributed by atoms with Crippen LogP contribution in [0.25, 0.3) is 0 Å². The van der Waals surface area contributed by atoms with Crippen LogP contribution in [-0.4, -0.2) is 47.9 Å². The molecule has 0 aliphatic carbocycles. The molecule has 1 heterocycles. The lowest BCUT2D eigenvalue weighted by Gasteiger charge is -2.17. The van der Waals surface area contributed by atoms with Crippen LogP contribution in [0, 0.1) is 0 Å². The van der Waals surface area contributed by atoms with E-state index in [4.69, 9.17) is 9.73 Å². The Morgan fingerprint density at radius 1 is 1.18 bits per heavy atom.